The summed E-state index contributed by atoms with van der Waals surface area (Å²) in [6.45, 7) is 2.62. The van der Waals surface area contributed by atoms with Crippen LogP contribution in [0.3, 0.4) is 0 Å². The quantitative estimate of drug-likeness (QED) is 0.783. The van der Waals surface area contributed by atoms with E-state index in [4.69, 9.17) is 16.3 Å². The van der Waals surface area contributed by atoms with Gasteiger partial charge >= 0.3 is 0 Å². The Balaban J connectivity index is 2.04. The Morgan fingerprint density at radius 1 is 1.16 bits per heavy atom. The molecule has 1 nitrogen and oxygen atoms in total. The van der Waals surface area contributed by atoms with Crippen molar-refractivity contribution in [1.82, 2.24) is 0 Å². The van der Waals surface area contributed by atoms with Gasteiger partial charge in [0, 0.05) is 16.7 Å². The lowest BCUT2D eigenvalue weighted by Gasteiger charge is -2.17. The molecule has 0 saturated heterocycles. The van der Waals surface area contributed by atoms with Crippen molar-refractivity contribution in [3.63, 3.8) is 0 Å². The van der Waals surface area contributed by atoms with Crippen LogP contribution in [0.15, 0.2) is 48.5 Å². The van der Waals surface area contributed by atoms with Gasteiger partial charge in [-0.05, 0) is 36.2 Å². The van der Waals surface area contributed by atoms with Gasteiger partial charge in [0.15, 0.2) is 0 Å². The molecule has 1 atom stereocenters. The van der Waals surface area contributed by atoms with Crippen molar-refractivity contribution in [2.24, 2.45) is 0 Å². The highest BCUT2D eigenvalue weighted by Crippen LogP contribution is 2.24. The number of thiol groups is 1. The number of aryl methyl sites for hydroxylation is 1. The van der Waals surface area contributed by atoms with E-state index in [1.807, 2.05) is 43.3 Å². The maximum atomic E-state index is 5.94. The SMILES string of the molecule is Cc1cc(Cl)ccc1OCC(CS)c1ccccc1. The van der Waals surface area contributed by atoms with Crippen molar-refractivity contribution >= 4 is 24.2 Å². The molecule has 0 N–H and O–H groups in total. The zero-order valence-corrected chi connectivity index (χ0v) is 12.5. The predicted molar refractivity (Wildman–Crippen MR) is 84.7 cm³/mol. The van der Waals surface area contributed by atoms with E-state index >= 15 is 0 Å². The maximum absolute atomic E-state index is 5.94. The number of rotatable bonds is 5. The second-order valence-corrected chi connectivity index (χ2v) is 5.31. The van der Waals surface area contributed by atoms with Crippen LogP contribution in [0.1, 0.15) is 17.0 Å². The van der Waals surface area contributed by atoms with Crippen LogP contribution < -0.4 is 4.74 Å². The van der Waals surface area contributed by atoms with Crippen LogP contribution in [0.25, 0.3) is 0 Å². The number of halogens is 1. The molecule has 0 saturated carbocycles. The van der Waals surface area contributed by atoms with Gasteiger partial charge < -0.3 is 4.74 Å². The summed E-state index contributed by atoms with van der Waals surface area (Å²) >= 11 is 10.3. The van der Waals surface area contributed by atoms with Crippen LogP contribution in [0.5, 0.6) is 5.75 Å². The molecular formula is C16H17ClOS. The Morgan fingerprint density at radius 2 is 1.89 bits per heavy atom. The van der Waals surface area contributed by atoms with E-state index in [1.165, 1.54) is 5.56 Å². The highest BCUT2D eigenvalue weighted by Gasteiger charge is 2.11. The third-order valence-electron chi connectivity index (χ3n) is 3.07. The van der Waals surface area contributed by atoms with E-state index in [2.05, 4.69) is 24.8 Å². The predicted octanol–water partition coefficient (Wildman–Crippen LogP) is 4.74. The maximum Gasteiger partial charge on any atom is 0.122 e. The molecule has 2 aromatic rings. The molecule has 0 aliphatic carbocycles. The fraction of sp³-hybridized carbons (Fsp3) is 0.250. The van der Waals surface area contributed by atoms with Crippen LogP contribution >= 0.6 is 24.2 Å². The Hall–Kier alpha value is -1.12. The van der Waals surface area contributed by atoms with Crippen molar-refractivity contribution in [2.45, 2.75) is 12.8 Å². The zero-order valence-electron chi connectivity index (χ0n) is 10.8. The summed E-state index contributed by atoms with van der Waals surface area (Å²) in [6, 6.07) is 16.0. The van der Waals surface area contributed by atoms with Crippen LogP contribution in [-0.4, -0.2) is 12.4 Å². The fourth-order valence-electron chi connectivity index (χ4n) is 1.94. The highest BCUT2D eigenvalue weighted by molar-refractivity contribution is 7.80. The molecule has 0 radical (unpaired) electrons. The van der Waals surface area contributed by atoms with Gasteiger partial charge in [0.05, 0.1) is 6.61 Å². The summed E-state index contributed by atoms with van der Waals surface area (Å²) < 4.78 is 5.89. The summed E-state index contributed by atoms with van der Waals surface area (Å²) in [5.74, 6) is 1.93. The number of benzene rings is 2. The van der Waals surface area contributed by atoms with E-state index in [0.29, 0.717) is 12.5 Å². The molecule has 3 heteroatoms. The molecule has 2 aromatic carbocycles. The smallest absolute Gasteiger partial charge is 0.122 e. The van der Waals surface area contributed by atoms with Crippen molar-refractivity contribution in [1.29, 1.82) is 0 Å². The first kappa shape index (κ1) is 14.3. The minimum absolute atomic E-state index is 0.291. The second kappa shape index (κ2) is 6.88. The summed E-state index contributed by atoms with van der Waals surface area (Å²) in [5, 5.41) is 0.735. The molecule has 0 fully saturated rings. The van der Waals surface area contributed by atoms with Gasteiger partial charge in [-0.25, -0.2) is 0 Å². The van der Waals surface area contributed by atoms with Gasteiger partial charge in [-0.15, -0.1) is 0 Å². The minimum Gasteiger partial charge on any atom is -0.493 e. The van der Waals surface area contributed by atoms with E-state index in [9.17, 15) is 0 Å². The van der Waals surface area contributed by atoms with Gasteiger partial charge in [-0.3, -0.25) is 0 Å². The Kier molecular flexibility index (Phi) is 5.17. The standard InChI is InChI=1S/C16H17ClOS/c1-12-9-15(17)7-8-16(12)18-10-14(11-19)13-5-3-2-4-6-13/h2-9,14,19H,10-11H2,1H3. The number of hydrogen-bond acceptors (Lipinski definition) is 2. The summed E-state index contributed by atoms with van der Waals surface area (Å²) in [7, 11) is 0. The molecule has 100 valence electrons. The molecule has 0 bridgehead atoms. The van der Waals surface area contributed by atoms with Gasteiger partial charge in [-0.1, -0.05) is 41.9 Å². The summed E-state index contributed by atoms with van der Waals surface area (Å²) in [6.07, 6.45) is 0. The van der Waals surface area contributed by atoms with E-state index < -0.39 is 0 Å². The minimum atomic E-state index is 0.291. The average Bonchev–Trinajstić information content (AvgIpc) is 2.43. The average molecular weight is 293 g/mol. The van der Waals surface area contributed by atoms with Crippen LogP contribution in [0, 0.1) is 6.92 Å². The first-order valence-electron chi connectivity index (χ1n) is 6.25. The van der Waals surface area contributed by atoms with Gasteiger partial charge in [0.25, 0.3) is 0 Å². The van der Waals surface area contributed by atoms with E-state index in [0.717, 1.165) is 22.1 Å². The molecule has 0 aliphatic rings. The van der Waals surface area contributed by atoms with E-state index in [-0.39, 0.29) is 0 Å². The molecule has 1 unspecified atom stereocenters. The van der Waals surface area contributed by atoms with Crippen molar-refractivity contribution in [3.05, 3.63) is 64.7 Å². The van der Waals surface area contributed by atoms with Gasteiger partial charge in [-0.2, -0.15) is 12.6 Å². The lowest BCUT2D eigenvalue weighted by Crippen LogP contribution is -2.12. The second-order valence-electron chi connectivity index (χ2n) is 4.51. The third kappa shape index (κ3) is 3.92. The Bertz CT molecular complexity index is 528. The van der Waals surface area contributed by atoms with Crippen molar-refractivity contribution in [3.8, 4) is 5.75 Å². The van der Waals surface area contributed by atoms with Crippen molar-refractivity contribution in [2.75, 3.05) is 12.4 Å². The topological polar surface area (TPSA) is 9.23 Å². The highest BCUT2D eigenvalue weighted by atomic mass is 35.5. The zero-order chi connectivity index (χ0) is 13.7. The largest absolute Gasteiger partial charge is 0.493 e. The molecule has 2 rings (SSSR count). The first-order chi connectivity index (χ1) is 9.20. The summed E-state index contributed by atoms with van der Waals surface area (Å²) in [5.41, 5.74) is 2.31. The molecule has 0 heterocycles. The van der Waals surface area contributed by atoms with Gasteiger partial charge in [0.2, 0.25) is 0 Å². The first-order valence-corrected chi connectivity index (χ1v) is 7.26. The molecule has 0 aromatic heterocycles. The molecule has 0 aliphatic heterocycles. The van der Waals surface area contributed by atoms with Gasteiger partial charge in [0.1, 0.15) is 5.75 Å². The summed E-state index contributed by atoms with van der Waals surface area (Å²) in [4.78, 5) is 0. The Morgan fingerprint density at radius 3 is 2.53 bits per heavy atom. The molecular weight excluding hydrogens is 276 g/mol. The lowest BCUT2D eigenvalue weighted by molar-refractivity contribution is 0.296. The number of hydrogen-bond donors (Lipinski definition) is 1. The molecule has 19 heavy (non-hydrogen) atoms. The fourth-order valence-corrected chi connectivity index (χ4v) is 2.49. The normalized spacial score (nSPS) is 12.2. The van der Waals surface area contributed by atoms with E-state index in [1.54, 1.807) is 0 Å². The molecule has 0 amide bonds. The number of ether oxygens (including phenoxy) is 1. The monoisotopic (exact) mass is 292 g/mol. The van der Waals surface area contributed by atoms with Crippen LogP contribution in [0.4, 0.5) is 0 Å². The Labute approximate surface area is 125 Å². The van der Waals surface area contributed by atoms with Crippen molar-refractivity contribution < 1.29 is 4.74 Å². The van der Waals surface area contributed by atoms with Crippen LogP contribution in [0.2, 0.25) is 5.02 Å². The van der Waals surface area contributed by atoms with Crippen LogP contribution in [-0.2, 0) is 0 Å². The lowest BCUT2D eigenvalue weighted by atomic mass is 10.0. The third-order valence-corrected chi connectivity index (χ3v) is 3.74. The molecule has 0 spiro atoms.